The van der Waals surface area contributed by atoms with Crippen LogP contribution < -0.4 is 0 Å². The molecule has 2 aliphatic rings. The predicted molar refractivity (Wildman–Crippen MR) is 107 cm³/mol. The maximum Gasteiger partial charge on any atom is 0.446 e. The van der Waals surface area contributed by atoms with Crippen molar-refractivity contribution in [2.24, 2.45) is 0 Å². The number of halogens is 3. The highest BCUT2D eigenvalue weighted by atomic mass is 32.2. The van der Waals surface area contributed by atoms with Crippen molar-refractivity contribution in [1.29, 1.82) is 0 Å². The van der Waals surface area contributed by atoms with Crippen LogP contribution in [0.25, 0.3) is 0 Å². The number of fused-ring (bicyclic) bond motifs is 1. The van der Waals surface area contributed by atoms with Crippen molar-refractivity contribution < 1.29 is 21.6 Å². The Morgan fingerprint density at radius 2 is 1.77 bits per heavy atom. The lowest BCUT2D eigenvalue weighted by Gasteiger charge is -2.31. The first-order valence-corrected chi connectivity index (χ1v) is 12.3. The van der Waals surface area contributed by atoms with E-state index in [0.29, 0.717) is 19.5 Å². The van der Waals surface area contributed by atoms with Gasteiger partial charge in [-0.25, -0.2) is 8.42 Å². The molecule has 0 aliphatic carbocycles. The quantitative estimate of drug-likeness (QED) is 0.640. The van der Waals surface area contributed by atoms with Crippen molar-refractivity contribution in [1.82, 2.24) is 19.1 Å². The first kappa shape index (κ1) is 21.6. The molecule has 0 unspecified atom stereocenters. The summed E-state index contributed by atoms with van der Waals surface area (Å²) >= 11 is -0.257. The fourth-order valence-corrected chi connectivity index (χ4v) is 6.21. The number of thioether (sulfide) groups is 1. The Balaban J connectivity index is 1.52. The third kappa shape index (κ3) is 4.67. The first-order chi connectivity index (χ1) is 14.2. The van der Waals surface area contributed by atoms with Gasteiger partial charge in [-0.3, -0.25) is 0 Å². The molecule has 1 fully saturated rings. The highest BCUT2D eigenvalue weighted by Crippen LogP contribution is 2.37. The van der Waals surface area contributed by atoms with E-state index >= 15 is 0 Å². The minimum atomic E-state index is -4.41. The van der Waals surface area contributed by atoms with Gasteiger partial charge in [0.15, 0.2) is 0 Å². The molecule has 6 nitrogen and oxygen atoms in total. The Labute approximate surface area is 177 Å². The lowest BCUT2D eigenvalue weighted by atomic mass is 9.99. The summed E-state index contributed by atoms with van der Waals surface area (Å²) in [6, 6.07) is 4.89. The highest BCUT2D eigenvalue weighted by Gasteiger charge is 2.34. The van der Waals surface area contributed by atoms with Crippen LogP contribution in [0.3, 0.4) is 0 Å². The van der Waals surface area contributed by atoms with Gasteiger partial charge in [-0.05, 0) is 61.7 Å². The molecule has 2 aliphatic heterocycles. The van der Waals surface area contributed by atoms with Crippen LogP contribution in [0.5, 0.6) is 0 Å². The van der Waals surface area contributed by atoms with Crippen LogP contribution in [0.1, 0.15) is 49.7 Å². The lowest BCUT2D eigenvalue weighted by Crippen LogP contribution is -2.39. The standard InChI is InChI=1S/C19H23F3N4O2S2/c20-19(21,22)29-15-7-9-16(10-8-15)30(27,28)25-11-4-5-14(13-25)18-24-23-17-6-2-1-3-12-26(17)18/h7-10,14H,1-6,11-13H2/t14-/m1/s1. The molecule has 11 heteroatoms. The second-order valence-electron chi connectivity index (χ2n) is 7.66. The number of alkyl halides is 3. The Kier molecular flexibility index (Phi) is 6.13. The van der Waals surface area contributed by atoms with E-state index < -0.39 is 15.5 Å². The van der Waals surface area contributed by atoms with Gasteiger partial charge in [0, 0.05) is 36.9 Å². The van der Waals surface area contributed by atoms with E-state index in [-0.39, 0.29) is 27.5 Å². The lowest BCUT2D eigenvalue weighted by molar-refractivity contribution is -0.0328. The molecule has 0 saturated carbocycles. The molecule has 2 aromatic rings. The Morgan fingerprint density at radius 1 is 1.00 bits per heavy atom. The molecule has 1 aromatic heterocycles. The molecule has 30 heavy (non-hydrogen) atoms. The fraction of sp³-hybridized carbons (Fsp3) is 0.579. The fourth-order valence-electron chi connectivity index (χ4n) is 4.14. The second-order valence-corrected chi connectivity index (χ2v) is 10.7. The zero-order chi connectivity index (χ0) is 21.4. The van der Waals surface area contributed by atoms with Gasteiger partial charge in [-0.2, -0.15) is 17.5 Å². The SMILES string of the molecule is O=S(=O)(c1ccc(SC(F)(F)F)cc1)N1CCC[C@@H](c2nnc3n2CCCCC3)C1. The highest BCUT2D eigenvalue weighted by molar-refractivity contribution is 8.00. The molecule has 164 valence electrons. The summed E-state index contributed by atoms with van der Waals surface area (Å²) in [4.78, 5) is -0.0288. The van der Waals surface area contributed by atoms with Crippen LogP contribution >= 0.6 is 11.8 Å². The molecule has 0 amide bonds. The van der Waals surface area contributed by atoms with Crippen LogP contribution in [-0.4, -0.2) is 46.1 Å². The van der Waals surface area contributed by atoms with E-state index in [9.17, 15) is 21.6 Å². The van der Waals surface area contributed by atoms with Crippen molar-refractivity contribution in [3.63, 3.8) is 0 Å². The van der Waals surface area contributed by atoms with E-state index in [1.54, 1.807) is 0 Å². The summed E-state index contributed by atoms with van der Waals surface area (Å²) in [5.74, 6) is 1.79. The summed E-state index contributed by atoms with van der Waals surface area (Å²) in [5, 5.41) is 8.71. The number of hydrogen-bond acceptors (Lipinski definition) is 5. The summed E-state index contributed by atoms with van der Waals surface area (Å²) < 4.78 is 67.3. The molecule has 4 rings (SSSR count). The van der Waals surface area contributed by atoms with Gasteiger partial charge in [0.25, 0.3) is 0 Å². The number of sulfonamides is 1. The predicted octanol–water partition coefficient (Wildman–Crippen LogP) is 4.18. The minimum absolute atomic E-state index is 0.00902. The number of rotatable bonds is 4. The third-order valence-electron chi connectivity index (χ3n) is 5.58. The van der Waals surface area contributed by atoms with Crippen molar-refractivity contribution in [2.45, 2.75) is 66.3 Å². The average Bonchev–Trinajstić information content (AvgIpc) is 2.95. The van der Waals surface area contributed by atoms with Gasteiger partial charge in [-0.1, -0.05) is 6.42 Å². The first-order valence-electron chi connectivity index (χ1n) is 10.0. The van der Waals surface area contributed by atoms with E-state index in [0.717, 1.165) is 50.3 Å². The number of piperidine rings is 1. The molecule has 1 atom stereocenters. The molecule has 0 bridgehead atoms. The molecule has 0 spiro atoms. The summed E-state index contributed by atoms with van der Waals surface area (Å²) in [6.45, 7) is 1.55. The Bertz CT molecular complexity index is 990. The number of nitrogens with zero attached hydrogens (tertiary/aromatic N) is 4. The van der Waals surface area contributed by atoms with Gasteiger partial charge in [0.05, 0.1) is 4.90 Å². The number of benzene rings is 1. The minimum Gasteiger partial charge on any atom is -0.315 e. The maximum absolute atomic E-state index is 13.1. The topological polar surface area (TPSA) is 68.1 Å². The number of aromatic nitrogens is 3. The zero-order valence-corrected chi connectivity index (χ0v) is 17.9. The molecule has 1 aromatic carbocycles. The van der Waals surface area contributed by atoms with Crippen LogP contribution in [0.15, 0.2) is 34.1 Å². The summed E-state index contributed by atoms with van der Waals surface area (Å²) in [6.07, 6.45) is 5.74. The number of hydrogen-bond donors (Lipinski definition) is 0. The zero-order valence-electron chi connectivity index (χ0n) is 16.3. The number of aryl methyl sites for hydroxylation is 1. The van der Waals surface area contributed by atoms with Gasteiger partial charge in [0.2, 0.25) is 10.0 Å². The Hall–Kier alpha value is -1.59. The van der Waals surface area contributed by atoms with Crippen molar-refractivity contribution in [2.75, 3.05) is 13.1 Å². The Morgan fingerprint density at radius 3 is 2.50 bits per heavy atom. The van der Waals surface area contributed by atoms with E-state index in [4.69, 9.17) is 0 Å². The van der Waals surface area contributed by atoms with Crippen molar-refractivity contribution in [3.05, 3.63) is 35.9 Å². The van der Waals surface area contributed by atoms with Gasteiger partial charge in [-0.15, -0.1) is 10.2 Å². The summed E-state index contributed by atoms with van der Waals surface area (Å²) in [5.41, 5.74) is -4.41. The van der Waals surface area contributed by atoms with Crippen LogP contribution in [0.2, 0.25) is 0 Å². The molecule has 0 radical (unpaired) electrons. The average molecular weight is 461 g/mol. The normalized spacial score (nSPS) is 21.2. The van der Waals surface area contributed by atoms with E-state index in [1.807, 2.05) is 0 Å². The second kappa shape index (κ2) is 8.51. The third-order valence-corrected chi connectivity index (χ3v) is 8.20. The molecule has 3 heterocycles. The van der Waals surface area contributed by atoms with Crippen LogP contribution in [0, 0.1) is 0 Å². The molecule has 1 saturated heterocycles. The van der Waals surface area contributed by atoms with Crippen molar-refractivity contribution in [3.8, 4) is 0 Å². The van der Waals surface area contributed by atoms with E-state index in [2.05, 4.69) is 14.8 Å². The largest absolute Gasteiger partial charge is 0.446 e. The van der Waals surface area contributed by atoms with Gasteiger partial charge < -0.3 is 4.57 Å². The maximum atomic E-state index is 13.1. The summed E-state index contributed by atoms with van der Waals surface area (Å²) in [7, 11) is -3.79. The monoisotopic (exact) mass is 460 g/mol. The van der Waals surface area contributed by atoms with E-state index in [1.165, 1.54) is 28.6 Å². The molecular weight excluding hydrogens is 437 g/mol. The van der Waals surface area contributed by atoms with Gasteiger partial charge in [0.1, 0.15) is 11.6 Å². The van der Waals surface area contributed by atoms with Crippen LogP contribution in [0.4, 0.5) is 13.2 Å². The van der Waals surface area contributed by atoms with Crippen molar-refractivity contribution >= 4 is 21.8 Å². The van der Waals surface area contributed by atoms with Crippen LogP contribution in [-0.2, 0) is 23.0 Å². The van der Waals surface area contributed by atoms with Gasteiger partial charge >= 0.3 is 5.51 Å². The smallest absolute Gasteiger partial charge is 0.315 e. The molecule has 0 N–H and O–H groups in total. The molecular formula is C19H23F3N4O2S2.